The maximum Gasteiger partial charge on any atom is 0.226 e. The first-order chi connectivity index (χ1) is 8.16. The van der Waals surface area contributed by atoms with Crippen LogP contribution in [-0.2, 0) is 0 Å². The molecule has 0 spiro atoms. The van der Waals surface area contributed by atoms with Crippen molar-refractivity contribution < 1.29 is 14.3 Å². The Balaban J connectivity index is 2.00. The molecule has 17 heavy (non-hydrogen) atoms. The number of furan rings is 1. The number of aliphatic hydroxyl groups excluding tert-OH is 1. The molecule has 0 saturated heterocycles. The predicted molar refractivity (Wildman–Crippen MR) is 64.3 cm³/mol. The Bertz CT molecular complexity index is 583. The molecule has 0 radical (unpaired) electrons. The van der Waals surface area contributed by atoms with Crippen LogP contribution in [0.3, 0.4) is 0 Å². The van der Waals surface area contributed by atoms with Gasteiger partial charge in [0.15, 0.2) is 11.3 Å². The molecule has 3 rings (SSSR count). The van der Waals surface area contributed by atoms with Crippen molar-refractivity contribution in [3.8, 4) is 0 Å². The smallest absolute Gasteiger partial charge is 0.226 e. The van der Waals surface area contributed by atoms with Crippen LogP contribution in [0.25, 0.3) is 11.0 Å². The third-order valence-electron chi connectivity index (χ3n) is 3.08. The maximum absolute atomic E-state index is 11.9. The van der Waals surface area contributed by atoms with E-state index in [2.05, 4.69) is 0 Å². The van der Waals surface area contributed by atoms with Crippen LogP contribution in [0, 0.1) is 5.92 Å². The van der Waals surface area contributed by atoms with Crippen molar-refractivity contribution in [2.75, 3.05) is 0 Å². The molecule has 1 aliphatic rings. The Morgan fingerprint density at radius 3 is 2.88 bits per heavy atom. The minimum absolute atomic E-state index is 0.103. The first-order valence-corrected chi connectivity index (χ1v) is 5.95. The molecule has 0 bridgehead atoms. The van der Waals surface area contributed by atoms with Gasteiger partial charge in [0.05, 0.1) is 5.02 Å². The van der Waals surface area contributed by atoms with Crippen molar-refractivity contribution in [1.82, 2.24) is 0 Å². The highest BCUT2D eigenvalue weighted by Gasteiger charge is 2.36. The molecule has 1 aromatic heterocycles. The second kappa shape index (κ2) is 3.86. The fraction of sp³-hybridized carbons (Fsp3) is 0.308. The normalized spacial score (nSPS) is 17.3. The van der Waals surface area contributed by atoms with Gasteiger partial charge in [0.2, 0.25) is 5.78 Å². The summed E-state index contributed by atoms with van der Waals surface area (Å²) in [5, 5.41) is 11.0. The molecule has 0 amide bonds. The number of rotatable bonds is 3. The van der Waals surface area contributed by atoms with Crippen LogP contribution in [0.2, 0.25) is 5.02 Å². The number of para-hydroxylation sites is 1. The molecule has 1 heterocycles. The van der Waals surface area contributed by atoms with Crippen molar-refractivity contribution >= 4 is 28.4 Å². The van der Waals surface area contributed by atoms with Gasteiger partial charge in [0, 0.05) is 5.39 Å². The fourth-order valence-electron chi connectivity index (χ4n) is 1.92. The van der Waals surface area contributed by atoms with Crippen LogP contribution < -0.4 is 0 Å². The summed E-state index contributed by atoms with van der Waals surface area (Å²) in [5.41, 5.74) is 0.500. The highest BCUT2D eigenvalue weighted by molar-refractivity contribution is 6.34. The molecule has 1 N–H and O–H groups in total. The molecule has 1 unspecified atom stereocenters. The third-order valence-corrected chi connectivity index (χ3v) is 3.37. The number of ketones is 1. The van der Waals surface area contributed by atoms with Crippen molar-refractivity contribution in [2.45, 2.75) is 18.9 Å². The van der Waals surface area contributed by atoms with Crippen molar-refractivity contribution in [3.05, 3.63) is 35.0 Å². The van der Waals surface area contributed by atoms with Crippen molar-refractivity contribution in [3.63, 3.8) is 0 Å². The van der Waals surface area contributed by atoms with E-state index < -0.39 is 6.10 Å². The lowest BCUT2D eigenvalue weighted by Crippen LogP contribution is -2.21. The van der Waals surface area contributed by atoms with Gasteiger partial charge in [-0.2, -0.15) is 0 Å². The topological polar surface area (TPSA) is 50.4 Å². The Labute approximate surface area is 103 Å². The molecule has 2 aromatic rings. The summed E-state index contributed by atoms with van der Waals surface area (Å²) < 4.78 is 5.42. The van der Waals surface area contributed by atoms with Gasteiger partial charge >= 0.3 is 0 Å². The van der Waals surface area contributed by atoms with Crippen molar-refractivity contribution in [2.24, 2.45) is 5.92 Å². The standard InChI is InChI=1S/C13H11ClO3/c14-9-3-1-2-8-6-10(17-13(8)9)12(16)11(15)7-4-5-7/h1-3,6-7,11,15H,4-5H2. The van der Waals surface area contributed by atoms with Gasteiger partial charge < -0.3 is 9.52 Å². The van der Waals surface area contributed by atoms with Crippen LogP contribution in [0.4, 0.5) is 0 Å². The molecule has 1 aliphatic carbocycles. The van der Waals surface area contributed by atoms with Gasteiger partial charge in [0.1, 0.15) is 6.10 Å². The predicted octanol–water partition coefficient (Wildman–Crippen LogP) is 3.04. The molecule has 1 aromatic carbocycles. The highest BCUT2D eigenvalue weighted by atomic mass is 35.5. The zero-order valence-corrected chi connectivity index (χ0v) is 9.78. The zero-order valence-electron chi connectivity index (χ0n) is 9.02. The highest BCUT2D eigenvalue weighted by Crippen LogP contribution is 2.35. The quantitative estimate of drug-likeness (QED) is 0.852. The average molecular weight is 251 g/mol. The number of aliphatic hydroxyl groups is 1. The Morgan fingerprint density at radius 1 is 1.47 bits per heavy atom. The summed E-state index contributed by atoms with van der Waals surface area (Å²) in [5.74, 6) is -0.0570. The summed E-state index contributed by atoms with van der Waals surface area (Å²) in [6.45, 7) is 0. The lowest BCUT2D eigenvalue weighted by molar-refractivity contribution is 0.0676. The molecule has 0 aliphatic heterocycles. The van der Waals surface area contributed by atoms with Gasteiger partial charge in [-0.15, -0.1) is 0 Å². The molecular weight excluding hydrogens is 240 g/mol. The molecule has 1 atom stereocenters. The van der Waals surface area contributed by atoms with E-state index in [1.54, 1.807) is 18.2 Å². The number of benzene rings is 1. The van der Waals surface area contributed by atoms with Crippen LogP contribution in [0.15, 0.2) is 28.7 Å². The Hall–Kier alpha value is -1.32. The van der Waals surface area contributed by atoms with E-state index in [1.165, 1.54) is 0 Å². The molecule has 1 saturated carbocycles. The van der Waals surface area contributed by atoms with E-state index in [0.29, 0.717) is 10.6 Å². The second-order valence-corrected chi connectivity index (χ2v) is 4.82. The lowest BCUT2D eigenvalue weighted by Gasteiger charge is -2.04. The van der Waals surface area contributed by atoms with E-state index in [0.717, 1.165) is 18.2 Å². The number of halogens is 1. The van der Waals surface area contributed by atoms with Crippen LogP contribution >= 0.6 is 11.6 Å². The van der Waals surface area contributed by atoms with Crippen molar-refractivity contribution in [1.29, 1.82) is 0 Å². The van der Waals surface area contributed by atoms with Gasteiger partial charge in [-0.3, -0.25) is 4.79 Å². The van der Waals surface area contributed by atoms with Crippen LogP contribution in [0.1, 0.15) is 23.4 Å². The molecule has 3 nitrogen and oxygen atoms in total. The minimum Gasteiger partial charge on any atom is -0.451 e. The minimum atomic E-state index is -0.936. The number of carbonyl (C=O) groups excluding carboxylic acids is 1. The fourth-order valence-corrected chi connectivity index (χ4v) is 2.14. The van der Waals surface area contributed by atoms with E-state index in [-0.39, 0.29) is 17.5 Å². The number of hydrogen-bond acceptors (Lipinski definition) is 3. The lowest BCUT2D eigenvalue weighted by atomic mass is 10.1. The van der Waals surface area contributed by atoms with Gasteiger partial charge in [0.25, 0.3) is 0 Å². The molecular formula is C13H11ClO3. The summed E-state index contributed by atoms with van der Waals surface area (Å²) >= 11 is 5.96. The van der Waals surface area contributed by atoms with Crippen LogP contribution in [-0.4, -0.2) is 17.0 Å². The SMILES string of the molecule is O=C(c1cc2cccc(Cl)c2o1)C(O)C1CC1. The summed E-state index contributed by atoms with van der Waals surface area (Å²) in [6, 6.07) is 6.96. The van der Waals surface area contributed by atoms with Gasteiger partial charge in [-0.05, 0) is 30.9 Å². The maximum atomic E-state index is 11.9. The summed E-state index contributed by atoms with van der Waals surface area (Å²) in [4.78, 5) is 11.9. The third kappa shape index (κ3) is 1.85. The van der Waals surface area contributed by atoms with E-state index >= 15 is 0 Å². The van der Waals surface area contributed by atoms with E-state index in [1.807, 2.05) is 6.07 Å². The Kier molecular flexibility index (Phi) is 2.45. The molecule has 88 valence electrons. The summed E-state index contributed by atoms with van der Waals surface area (Å²) in [6.07, 6.45) is 0.885. The number of carbonyl (C=O) groups is 1. The molecule has 1 fully saturated rings. The number of fused-ring (bicyclic) bond motifs is 1. The zero-order chi connectivity index (χ0) is 12.0. The van der Waals surface area contributed by atoms with Crippen LogP contribution in [0.5, 0.6) is 0 Å². The monoisotopic (exact) mass is 250 g/mol. The first kappa shape index (κ1) is 10.8. The Morgan fingerprint density at radius 2 is 2.24 bits per heavy atom. The average Bonchev–Trinajstić information content (AvgIpc) is 3.07. The first-order valence-electron chi connectivity index (χ1n) is 5.57. The van der Waals surface area contributed by atoms with E-state index in [4.69, 9.17) is 16.0 Å². The largest absolute Gasteiger partial charge is 0.451 e. The summed E-state index contributed by atoms with van der Waals surface area (Å²) in [7, 11) is 0. The van der Waals surface area contributed by atoms with Gasteiger partial charge in [-0.25, -0.2) is 0 Å². The number of Topliss-reactive ketones (excluding diaryl/α,β-unsaturated/α-hetero) is 1. The van der Waals surface area contributed by atoms with E-state index in [9.17, 15) is 9.90 Å². The molecule has 4 heteroatoms. The van der Waals surface area contributed by atoms with Gasteiger partial charge in [-0.1, -0.05) is 23.7 Å². The second-order valence-electron chi connectivity index (χ2n) is 4.42. The number of hydrogen-bond donors (Lipinski definition) is 1.